The summed E-state index contributed by atoms with van der Waals surface area (Å²) in [5.41, 5.74) is 5.95. The molecule has 0 spiro atoms. The number of anilines is 2. The summed E-state index contributed by atoms with van der Waals surface area (Å²) in [6, 6.07) is 12.6. The zero-order valence-electron chi connectivity index (χ0n) is 17.8. The number of H-pyrrole nitrogens is 1. The van der Waals surface area contributed by atoms with Crippen LogP contribution in [0.4, 0.5) is 11.8 Å². The first-order valence-corrected chi connectivity index (χ1v) is 10.6. The van der Waals surface area contributed by atoms with Crippen LogP contribution in [0.3, 0.4) is 0 Å². The van der Waals surface area contributed by atoms with Crippen molar-refractivity contribution in [3.63, 3.8) is 0 Å². The molecule has 1 saturated heterocycles. The van der Waals surface area contributed by atoms with E-state index in [-0.39, 0.29) is 0 Å². The molecule has 4 aromatic rings. The fraction of sp³-hybridized carbons (Fsp3) is 0.304. The number of piperazine rings is 1. The minimum absolute atomic E-state index is 0.347. The molecule has 0 saturated carbocycles. The lowest BCUT2D eigenvalue weighted by atomic mass is 10.1. The van der Waals surface area contributed by atoms with E-state index in [0.29, 0.717) is 12.0 Å². The van der Waals surface area contributed by atoms with Crippen molar-refractivity contribution in [1.82, 2.24) is 35.1 Å². The zero-order chi connectivity index (χ0) is 21.2. The Hall–Kier alpha value is -3.36. The van der Waals surface area contributed by atoms with Crippen molar-refractivity contribution in [3.05, 3.63) is 60.2 Å². The number of aromatic nitrogens is 5. The topological polar surface area (TPSA) is 94.7 Å². The standard InChI is InChI=1S/C23H26N8/c1-15-11-20(27-14-26-15)18-3-4-19-21(12-18)29-23(28-19)30-22-13-17(5-6-25-22)16(2)31-9-7-24-8-10-31/h3-6,11-14,16,24H,7-10H2,1-2H3,(H2,25,28,29,30). The van der Waals surface area contributed by atoms with Gasteiger partial charge in [0.05, 0.1) is 16.7 Å². The Morgan fingerprint density at radius 1 is 1.03 bits per heavy atom. The van der Waals surface area contributed by atoms with Crippen LogP contribution in [0.25, 0.3) is 22.3 Å². The molecule has 8 heteroatoms. The first-order chi connectivity index (χ1) is 15.2. The number of aryl methyl sites for hydroxylation is 1. The highest BCUT2D eigenvalue weighted by molar-refractivity contribution is 5.83. The van der Waals surface area contributed by atoms with E-state index in [2.05, 4.69) is 65.6 Å². The number of nitrogens with one attached hydrogen (secondary N) is 3. The van der Waals surface area contributed by atoms with Crippen molar-refractivity contribution in [2.75, 3.05) is 31.5 Å². The van der Waals surface area contributed by atoms with Gasteiger partial charge in [-0.1, -0.05) is 6.07 Å². The zero-order valence-corrected chi connectivity index (χ0v) is 17.8. The lowest BCUT2D eigenvalue weighted by Crippen LogP contribution is -2.44. The molecule has 3 aromatic heterocycles. The van der Waals surface area contributed by atoms with Crippen LogP contribution >= 0.6 is 0 Å². The van der Waals surface area contributed by atoms with Gasteiger partial charge in [-0.15, -0.1) is 0 Å². The lowest BCUT2D eigenvalue weighted by molar-refractivity contribution is 0.185. The number of imidazole rings is 1. The molecule has 0 amide bonds. The Kier molecular flexibility index (Phi) is 5.31. The number of fused-ring (bicyclic) bond motifs is 1. The van der Waals surface area contributed by atoms with Gasteiger partial charge in [-0.05, 0) is 49.7 Å². The molecule has 1 unspecified atom stereocenters. The molecular formula is C23H26N8. The SMILES string of the molecule is Cc1cc(-c2ccc3nc(Nc4cc(C(C)N5CCNCC5)ccn4)[nH]c3c2)ncn1. The second-order valence-corrected chi connectivity index (χ2v) is 7.92. The Morgan fingerprint density at radius 2 is 1.90 bits per heavy atom. The summed E-state index contributed by atoms with van der Waals surface area (Å²) >= 11 is 0. The third kappa shape index (κ3) is 4.26. The van der Waals surface area contributed by atoms with Crippen LogP contribution in [0.15, 0.2) is 48.9 Å². The van der Waals surface area contributed by atoms with E-state index in [4.69, 9.17) is 0 Å². The number of pyridine rings is 1. The van der Waals surface area contributed by atoms with Gasteiger partial charge in [0.1, 0.15) is 12.1 Å². The number of benzene rings is 1. The molecule has 8 nitrogen and oxygen atoms in total. The predicted molar refractivity (Wildman–Crippen MR) is 122 cm³/mol. The first-order valence-electron chi connectivity index (χ1n) is 10.6. The average molecular weight is 415 g/mol. The minimum atomic E-state index is 0.347. The highest BCUT2D eigenvalue weighted by atomic mass is 15.2. The number of nitrogens with zero attached hydrogens (tertiary/aromatic N) is 5. The molecule has 1 aliphatic heterocycles. The molecular weight excluding hydrogens is 388 g/mol. The predicted octanol–water partition coefficient (Wildman–Crippen LogP) is 3.43. The van der Waals surface area contributed by atoms with Crippen LogP contribution < -0.4 is 10.6 Å². The minimum Gasteiger partial charge on any atom is -0.324 e. The molecule has 4 heterocycles. The molecule has 1 atom stereocenters. The molecule has 0 bridgehead atoms. The summed E-state index contributed by atoms with van der Waals surface area (Å²) in [5, 5.41) is 6.73. The summed E-state index contributed by atoms with van der Waals surface area (Å²) in [7, 11) is 0. The van der Waals surface area contributed by atoms with Crippen LogP contribution in [0.1, 0.15) is 24.2 Å². The summed E-state index contributed by atoms with van der Waals surface area (Å²) in [5.74, 6) is 1.45. The summed E-state index contributed by atoms with van der Waals surface area (Å²) in [6.07, 6.45) is 3.45. The molecule has 0 radical (unpaired) electrons. The van der Waals surface area contributed by atoms with E-state index in [9.17, 15) is 0 Å². The summed E-state index contributed by atoms with van der Waals surface area (Å²) in [6.45, 7) is 8.41. The van der Waals surface area contributed by atoms with Crippen molar-refractivity contribution in [1.29, 1.82) is 0 Å². The normalized spacial score (nSPS) is 15.8. The van der Waals surface area contributed by atoms with E-state index in [1.165, 1.54) is 5.56 Å². The van der Waals surface area contributed by atoms with Gasteiger partial charge < -0.3 is 15.6 Å². The Morgan fingerprint density at radius 3 is 2.74 bits per heavy atom. The van der Waals surface area contributed by atoms with E-state index < -0.39 is 0 Å². The van der Waals surface area contributed by atoms with Gasteiger partial charge in [-0.2, -0.15) is 0 Å². The molecule has 1 aromatic carbocycles. The van der Waals surface area contributed by atoms with Crippen LogP contribution in [0, 0.1) is 6.92 Å². The van der Waals surface area contributed by atoms with Crippen LogP contribution in [-0.4, -0.2) is 56.0 Å². The summed E-state index contributed by atoms with van der Waals surface area (Å²) < 4.78 is 0. The van der Waals surface area contributed by atoms with Gasteiger partial charge >= 0.3 is 0 Å². The molecule has 1 fully saturated rings. The fourth-order valence-electron chi connectivity index (χ4n) is 4.02. The third-order valence-electron chi connectivity index (χ3n) is 5.79. The van der Waals surface area contributed by atoms with Crippen molar-refractivity contribution in [3.8, 4) is 11.3 Å². The van der Waals surface area contributed by atoms with E-state index in [1.54, 1.807) is 6.33 Å². The van der Waals surface area contributed by atoms with Crippen LogP contribution in [0.5, 0.6) is 0 Å². The Bertz CT molecular complexity index is 1200. The molecule has 5 rings (SSSR count). The van der Waals surface area contributed by atoms with E-state index in [1.807, 2.05) is 31.3 Å². The maximum absolute atomic E-state index is 4.67. The lowest BCUT2D eigenvalue weighted by Gasteiger charge is -2.33. The maximum Gasteiger partial charge on any atom is 0.206 e. The van der Waals surface area contributed by atoms with Gasteiger partial charge in [0.15, 0.2) is 0 Å². The van der Waals surface area contributed by atoms with Gasteiger partial charge in [-0.25, -0.2) is 19.9 Å². The second-order valence-electron chi connectivity index (χ2n) is 7.92. The molecule has 1 aliphatic rings. The van der Waals surface area contributed by atoms with Crippen molar-refractivity contribution < 1.29 is 0 Å². The third-order valence-corrected chi connectivity index (χ3v) is 5.79. The number of rotatable bonds is 5. The number of aromatic amines is 1. The molecule has 3 N–H and O–H groups in total. The quantitative estimate of drug-likeness (QED) is 0.460. The highest BCUT2D eigenvalue weighted by Crippen LogP contribution is 2.26. The average Bonchev–Trinajstić information content (AvgIpc) is 3.21. The van der Waals surface area contributed by atoms with Crippen molar-refractivity contribution in [2.45, 2.75) is 19.9 Å². The van der Waals surface area contributed by atoms with Gasteiger partial charge in [-0.3, -0.25) is 4.90 Å². The van der Waals surface area contributed by atoms with Crippen molar-refractivity contribution in [2.24, 2.45) is 0 Å². The second kappa shape index (κ2) is 8.41. The van der Waals surface area contributed by atoms with Gasteiger partial charge in [0, 0.05) is 49.7 Å². The highest BCUT2D eigenvalue weighted by Gasteiger charge is 2.18. The fourth-order valence-corrected chi connectivity index (χ4v) is 4.02. The monoisotopic (exact) mass is 414 g/mol. The van der Waals surface area contributed by atoms with Crippen LogP contribution in [-0.2, 0) is 0 Å². The first kappa shape index (κ1) is 19.6. The Labute approximate surface area is 181 Å². The summed E-state index contributed by atoms with van der Waals surface area (Å²) in [4.78, 5) is 23.6. The Balaban J connectivity index is 1.37. The van der Waals surface area contributed by atoms with Gasteiger partial charge in [0.25, 0.3) is 0 Å². The number of hydrogen-bond donors (Lipinski definition) is 3. The van der Waals surface area contributed by atoms with Crippen LogP contribution in [0.2, 0.25) is 0 Å². The van der Waals surface area contributed by atoms with Crippen molar-refractivity contribution >= 4 is 22.8 Å². The maximum atomic E-state index is 4.67. The molecule has 158 valence electrons. The largest absolute Gasteiger partial charge is 0.324 e. The van der Waals surface area contributed by atoms with E-state index in [0.717, 1.165) is 60.0 Å². The molecule has 0 aliphatic carbocycles. The smallest absolute Gasteiger partial charge is 0.206 e. The molecule has 31 heavy (non-hydrogen) atoms. The van der Waals surface area contributed by atoms with E-state index >= 15 is 0 Å². The number of hydrogen-bond acceptors (Lipinski definition) is 7. The van der Waals surface area contributed by atoms with Gasteiger partial charge in [0.2, 0.25) is 5.95 Å².